The lowest BCUT2D eigenvalue weighted by molar-refractivity contribution is -0.109. The van der Waals surface area contributed by atoms with Crippen molar-refractivity contribution in [1.29, 1.82) is 5.26 Å². The van der Waals surface area contributed by atoms with Gasteiger partial charge >= 0.3 is 0 Å². The molecule has 14 heavy (non-hydrogen) atoms. The first-order valence-electron chi connectivity index (χ1n) is 4.83. The van der Waals surface area contributed by atoms with Crippen LogP contribution in [0, 0.1) is 11.3 Å². The lowest BCUT2D eigenvalue weighted by Crippen LogP contribution is -2.10. The molecule has 2 heteroatoms. The number of aryl methyl sites for hydroxylation is 1. The summed E-state index contributed by atoms with van der Waals surface area (Å²) in [6, 6.07) is 7.74. The topological polar surface area (TPSA) is 40.9 Å². The first-order chi connectivity index (χ1) is 6.85. The highest BCUT2D eigenvalue weighted by molar-refractivity contribution is 5.64. The van der Waals surface area contributed by atoms with E-state index in [2.05, 4.69) is 6.07 Å². The molecule has 1 aromatic carbocycles. The summed E-state index contributed by atoms with van der Waals surface area (Å²) in [6.07, 6.45) is 4.01. The first kappa shape index (κ1) is 8.96. The summed E-state index contributed by atoms with van der Waals surface area (Å²) in [6.45, 7) is 0. The van der Waals surface area contributed by atoms with E-state index in [1.807, 2.05) is 12.1 Å². The van der Waals surface area contributed by atoms with Crippen LogP contribution in [0.5, 0.6) is 0 Å². The fourth-order valence-electron chi connectivity index (χ4n) is 2.06. The van der Waals surface area contributed by atoms with Gasteiger partial charge in [-0.1, -0.05) is 6.07 Å². The molecule has 0 heterocycles. The molecule has 1 aliphatic rings. The molecule has 0 saturated carbocycles. The second-order valence-corrected chi connectivity index (χ2v) is 3.66. The Bertz CT molecular complexity index is 403. The molecular weight excluding hydrogens is 174 g/mol. The number of fused-ring (bicyclic) bond motifs is 1. The van der Waals surface area contributed by atoms with E-state index >= 15 is 0 Å². The molecule has 2 rings (SSSR count). The van der Waals surface area contributed by atoms with E-state index in [0.29, 0.717) is 5.56 Å². The van der Waals surface area contributed by atoms with E-state index in [-0.39, 0.29) is 5.92 Å². The van der Waals surface area contributed by atoms with Crippen molar-refractivity contribution in [1.82, 2.24) is 0 Å². The molecular formula is C12H11NO. The number of carbonyl (C=O) groups excluding carboxylic acids is 1. The second-order valence-electron chi connectivity index (χ2n) is 3.66. The Hall–Kier alpha value is -1.62. The van der Waals surface area contributed by atoms with Crippen LogP contribution >= 0.6 is 0 Å². The third-order valence-electron chi connectivity index (χ3n) is 2.80. The predicted molar refractivity (Wildman–Crippen MR) is 52.9 cm³/mol. The fraction of sp³-hybridized carbons (Fsp3) is 0.333. The van der Waals surface area contributed by atoms with E-state index in [1.54, 1.807) is 6.07 Å². The van der Waals surface area contributed by atoms with Crippen LogP contribution in [0.15, 0.2) is 18.2 Å². The molecule has 70 valence electrons. The molecule has 0 amide bonds. The molecule has 0 fully saturated rings. The fourth-order valence-corrected chi connectivity index (χ4v) is 2.06. The quantitative estimate of drug-likeness (QED) is 0.629. The highest BCUT2D eigenvalue weighted by Gasteiger charge is 2.19. The summed E-state index contributed by atoms with van der Waals surface area (Å²) in [5, 5.41) is 8.74. The summed E-state index contributed by atoms with van der Waals surface area (Å²) in [4.78, 5) is 10.8. The average Bonchev–Trinajstić information content (AvgIpc) is 2.27. The third-order valence-corrected chi connectivity index (χ3v) is 2.80. The van der Waals surface area contributed by atoms with Crippen molar-refractivity contribution in [3.63, 3.8) is 0 Å². The maximum Gasteiger partial charge on any atom is 0.127 e. The Morgan fingerprint density at radius 2 is 2.36 bits per heavy atom. The van der Waals surface area contributed by atoms with Gasteiger partial charge in [0.15, 0.2) is 0 Å². The molecule has 0 saturated heterocycles. The SMILES string of the molecule is N#Cc1ccc2c(c1)CCC[C@@H]2C=O. The van der Waals surface area contributed by atoms with Gasteiger partial charge in [0.25, 0.3) is 0 Å². The van der Waals surface area contributed by atoms with Crippen molar-refractivity contribution in [2.75, 3.05) is 0 Å². The van der Waals surface area contributed by atoms with Gasteiger partial charge in [0.2, 0.25) is 0 Å². The molecule has 1 atom stereocenters. The highest BCUT2D eigenvalue weighted by Crippen LogP contribution is 2.30. The van der Waals surface area contributed by atoms with E-state index in [9.17, 15) is 4.79 Å². The normalized spacial score (nSPS) is 19.5. The summed E-state index contributed by atoms with van der Waals surface area (Å²) in [5.41, 5.74) is 2.98. The van der Waals surface area contributed by atoms with Gasteiger partial charge in [-0.25, -0.2) is 0 Å². The highest BCUT2D eigenvalue weighted by atomic mass is 16.1. The molecule has 2 nitrogen and oxygen atoms in total. The van der Waals surface area contributed by atoms with Gasteiger partial charge in [0.05, 0.1) is 11.6 Å². The van der Waals surface area contributed by atoms with Gasteiger partial charge in [0.1, 0.15) is 6.29 Å². The van der Waals surface area contributed by atoms with Crippen molar-refractivity contribution in [2.24, 2.45) is 0 Å². The van der Waals surface area contributed by atoms with Crippen molar-refractivity contribution in [3.05, 3.63) is 34.9 Å². The van der Waals surface area contributed by atoms with Crippen molar-refractivity contribution in [3.8, 4) is 6.07 Å². The van der Waals surface area contributed by atoms with E-state index < -0.39 is 0 Å². The van der Waals surface area contributed by atoms with Crippen LogP contribution in [-0.2, 0) is 11.2 Å². The van der Waals surface area contributed by atoms with E-state index in [4.69, 9.17) is 5.26 Å². The Balaban J connectivity index is 2.46. The Kier molecular flexibility index (Phi) is 2.32. The van der Waals surface area contributed by atoms with Gasteiger partial charge in [-0.15, -0.1) is 0 Å². The largest absolute Gasteiger partial charge is 0.303 e. The lowest BCUT2D eigenvalue weighted by atomic mass is 9.83. The van der Waals surface area contributed by atoms with Gasteiger partial charge in [0, 0.05) is 5.92 Å². The van der Waals surface area contributed by atoms with E-state index in [1.165, 1.54) is 5.56 Å². The molecule has 0 unspecified atom stereocenters. The van der Waals surface area contributed by atoms with Crippen LogP contribution in [0.4, 0.5) is 0 Å². The smallest absolute Gasteiger partial charge is 0.127 e. The maximum absolute atomic E-state index is 10.8. The molecule has 1 aliphatic carbocycles. The summed E-state index contributed by atoms with van der Waals surface area (Å²) in [7, 11) is 0. The number of benzene rings is 1. The van der Waals surface area contributed by atoms with Crippen molar-refractivity contribution >= 4 is 6.29 Å². The average molecular weight is 185 g/mol. The van der Waals surface area contributed by atoms with Crippen LogP contribution in [0.3, 0.4) is 0 Å². The van der Waals surface area contributed by atoms with Crippen LogP contribution in [0.1, 0.15) is 35.4 Å². The minimum Gasteiger partial charge on any atom is -0.303 e. The van der Waals surface area contributed by atoms with Crippen LogP contribution in [-0.4, -0.2) is 6.29 Å². The summed E-state index contributed by atoms with van der Waals surface area (Å²) < 4.78 is 0. The number of rotatable bonds is 1. The minimum absolute atomic E-state index is 0.0477. The van der Waals surface area contributed by atoms with Gasteiger partial charge in [-0.3, -0.25) is 0 Å². The molecule has 0 aliphatic heterocycles. The third kappa shape index (κ3) is 1.42. The molecule has 0 N–H and O–H groups in total. The van der Waals surface area contributed by atoms with E-state index in [0.717, 1.165) is 31.1 Å². The zero-order valence-electron chi connectivity index (χ0n) is 7.86. The number of hydrogen-bond acceptors (Lipinski definition) is 2. The van der Waals surface area contributed by atoms with Crippen LogP contribution in [0.25, 0.3) is 0 Å². The molecule has 0 bridgehead atoms. The van der Waals surface area contributed by atoms with Crippen LogP contribution in [0.2, 0.25) is 0 Å². The van der Waals surface area contributed by atoms with Gasteiger partial charge < -0.3 is 4.79 Å². The Morgan fingerprint density at radius 1 is 1.50 bits per heavy atom. The molecule has 0 aromatic heterocycles. The molecule has 0 spiro atoms. The predicted octanol–water partition coefficient (Wildman–Crippen LogP) is 2.18. The minimum atomic E-state index is 0.0477. The number of aldehydes is 1. The maximum atomic E-state index is 10.8. The second kappa shape index (κ2) is 3.63. The monoisotopic (exact) mass is 185 g/mol. The standard InChI is InChI=1S/C12H11NO/c13-7-9-4-5-12-10(6-9)2-1-3-11(12)8-14/h4-6,8,11H,1-3H2/t11-/m1/s1. The zero-order chi connectivity index (χ0) is 9.97. The first-order valence-corrected chi connectivity index (χ1v) is 4.83. The van der Waals surface area contributed by atoms with Crippen molar-refractivity contribution < 1.29 is 4.79 Å². The summed E-state index contributed by atoms with van der Waals surface area (Å²) >= 11 is 0. The molecule has 0 radical (unpaired) electrons. The number of carbonyl (C=O) groups is 1. The Labute approximate surface area is 83.2 Å². The lowest BCUT2D eigenvalue weighted by Gasteiger charge is -2.20. The number of nitrogens with zero attached hydrogens (tertiary/aromatic N) is 1. The Morgan fingerprint density at radius 3 is 3.07 bits per heavy atom. The van der Waals surface area contributed by atoms with Gasteiger partial charge in [-0.2, -0.15) is 5.26 Å². The van der Waals surface area contributed by atoms with Gasteiger partial charge in [-0.05, 0) is 42.5 Å². The summed E-state index contributed by atoms with van der Waals surface area (Å²) in [5.74, 6) is 0.0477. The van der Waals surface area contributed by atoms with Crippen molar-refractivity contribution in [2.45, 2.75) is 25.2 Å². The number of hydrogen-bond donors (Lipinski definition) is 0. The molecule has 1 aromatic rings. The zero-order valence-corrected chi connectivity index (χ0v) is 7.86. The van der Waals surface area contributed by atoms with Crippen LogP contribution < -0.4 is 0 Å². The number of nitriles is 1.